The molecular formula is C21H29N5O. The van der Waals surface area contributed by atoms with Crippen LogP contribution in [0.15, 0.2) is 30.3 Å². The van der Waals surface area contributed by atoms with Gasteiger partial charge in [0.05, 0.1) is 11.8 Å². The Kier molecular flexibility index (Phi) is 5.27. The summed E-state index contributed by atoms with van der Waals surface area (Å²) in [7, 11) is 3.97. The van der Waals surface area contributed by atoms with Gasteiger partial charge >= 0.3 is 0 Å². The van der Waals surface area contributed by atoms with E-state index in [2.05, 4.69) is 40.1 Å². The Labute approximate surface area is 161 Å². The van der Waals surface area contributed by atoms with Crippen LogP contribution in [0.2, 0.25) is 0 Å². The Balaban J connectivity index is 1.63. The number of piperidine rings is 1. The minimum Gasteiger partial charge on any atom is -0.391 e. The number of aliphatic hydroxyl groups excluding tert-OH is 1. The van der Waals surface area contributed by atoms with E-state index in [-0.39, 0.29) is 6.10 Å². The number of anilines is 2. The summed E-state index contributed by atoms with van der Waals surface area (Å²) in [4.78, 5) is 16.4. The molecule has 144 valence electrons. The van der Waals surface area contributed by atoms with Crippen molar-refractivity contribution in [2.45, 2.75) is 38.5 Å². The lowest BCUT2D eigenvalue weighted by Crippen LogP contribution is -2.41. The number of hydrogen-bond acceptors (Lipinski definition) is 6. The van der Waals surface area contributed by atoms with Gasteiger partial charge in [-0.15, -0.1) is 0 Å². The highest BCUT2D eigenvalue weighted by Gasteiger charge is 2.28. The summed E-state index contributed by atoms with van der Waals surface area (Å²) in [5.41, 5.74) is 3.73. The normalized spacial score (nSPS) is 20.4. The number of aliphatic hydroxyl groups is 1. The largest absolute Gasteiger partial charge is 0.391 e. The summed E-state index contributed by atoms with van der Waals surface area (Å²) in [6, 6.07) is 10.6. The lowest BCUT2D eigenvalue weighted by molar-refractivity contribution is 0.153. The molecule has 0 spiro atoms. The second kappa shape index (κ2) is 7.82. The summed E-state index contributed by atoms with van der Waals surface area (Å²) in [5.74, 6) is 1.78. The molecule has 6 heteroatoms. The van der Waals surface area contributed by atoms with Crippen molar-refractivity contribution in [2.24, 2.45) is 0 Å². The van der Waals surface area contributed by atoms with E-state index >= 15 is 0 Å². The summed E-state index contributed by atoms with van der Waals surface area (Å²) < 4.78 is 0. The van der Waals surface area contributed by atoms with Crippen LogP contribution in [0, 0.1) is 0 Å². The average molecular weight is 367 g/mol. The van der Waals surface area contributed by atoms with Gasteiger partial charge in [0, 0.05) is 58.8 Å². The highest BCUT2D eigenvalue weighted by atomic mass is 16.3. The maximum Gasteiger partial charge on any atom is 0.227 e. The van der Waals surface area contributed by atoms with Gasteiger partial charge in [0.1, 0.15) is 5.82 Å². The smallest absolute Gasteiger partial charge is 0.227 e. The number of hydrogen-bond donors (Lipinski definition) is 1. The molecule has 1 N–H and O–H groups in total. The molecule has 2 aromatic rings. The van der Waals surface area contributed by atoms with Gasteiger partial charge in [0.25, 0.3) is 0 Å². The van der Waals surface area contributed by atoms with Crippen LogP contribution in [-0.2, 0) is 19.5 Å². The predicted molar refractivity (Wildman–Crippen MR) is 108 cm³/mol. The Morgan fingerprint density at radius 3 is 2.70 bits per heavy atom. The fraction of sp³-hybridized carbons (Fsp3) is 0.524. The van der Waals surface area contributed by atoms with Crippen molar-refractivity contribution in [1.82, 2.24) is 14.9 Å². The zero-order valence-electron chi connectivity index (χ0n) is 16.3. The summed E-state index contributed by atoms with van der Waals surface area (Å²) >= 11 is 0. The molecule has 2 aliphatic rings. The van der Waals surface area contributed by atoms with E-state index in [4.69, 9.17) is 9.97 Å². The molecule has 0 saturated carbocycles. The first-order chi connectivity index (χ1) is 13.1. The van der Waals surface area contributed by atoms with Crippen molar-refractivity contribution in [3.05, 3.63) is 47.2 Å². The maximum atomic E-state index is 10.2. The van der Waals surface area contributed by atoms with Crippen LogP contribution in [0.3, 0.4) is 0 Å². The van der Waals surface area contributed by atoms with E-state index in [1.54, 1.807) is 0 Å². The van der Waals surface area contributed by atoms with Crippen LogP contribution in [0.5, 0.6) is 0 Å². The predicted octanol–water partition coefficient (Wildman–Crippen LogP) is 2.06. The molecule has 0 radical (unpaired) electrons. The molecular weight excluding hydrogens is 338 g/mol. The lowest BCUT2D eigenvalue weighted by Gasteiger charge is -2.36. The number of fused-ring (bicyclic) bond motifs is 1. The van der Waals surface area contributed by atoms with Crippen molar-refractivity contribution in [1.29, 1.82) is 0 Å². The third-order valence-electron chi connectivity index (χ3n) is 5.45. The van der Waals surface area contributed by atoms with Gasteiger partial charge in [0.2, 0.25) is 5.95 Å². The van der Waals surface area contributed by atoms with Gasteiger partial charge < -0.3 is 14.9 Å². The number of aromatic nitrogens is 2. The van der Waals surface area contributed by atoms with E-state index in [1.165, 1.54) is 11.1 Å². The average Bonchev–Trinajstić information content (AvgIpc) is 2.68. The molecule has 1 aromatic heterocycles. The molecule has 4 rings (SSSR count). The minimum absolute atomic E-state index is 0.267. The first kappa shape index (κ1) is 18.2. The molecule has 6 nitrogen and oxygen atoms in total. The third kappa shape index (κ3) is 4.06. The van der Waals surface area contributed by atoms with Crippen LogP contribution in [0.4, 0.5) is 11.8 Å². The van der Waals surface area contributed by atoms with Crippen LogP contribution in [0.1, 0.15) is 29.7 Å². The van der Waals surface area contributed by atoms with E-state index < -0.39 is 0 Å². The van der Waals surface area contributed by atoms with E-state index in [9.17, 15) is 5.11 Å². The second-order valence-electron chi connectivity index (χ2n) is 7.86. The van der Waals surface area contributed by atoms with Crippen LogP contribution < -0.4 is 9.80 Å². The highest BCUT2D eigenvalue weighted by Crippen LogP contribution is 2.31. The van der Waals surface area contributed by atoms with Gasteiger partial charge in [-0.3, -0.25) is 4.90 Å². The Bertz CT molecular complexity index is 780. The first-order valence-electron chi connectivity index (χ1n) is 9.86. The molecule has 1 unspecified atom stereocenters. The van der Waals surface area contributed by atoms with Crippen molar-refractivity contribution in [3.63, 3.8) is 0 Å². The highest BCUT2D eigenvalue weighted by molar-refractivity contribution is 5.54. The maximum absolute atomic E-state index is 10.2. The first-order valence-corrected chi connectivity index (χ1v) is 9.86. The Morgan fingerprint density at radius 2 is 1.96 bits per heavy atom. The van der Waals surface area contributed by atoms with Gasteiger partial charge in [-0.05, 0) is 18.4 Å². The van der Waals surface area contributed by atoms with Crippen LogP contribution in [0.25, 0.3) is 0 Å². The molecule has 1 saturated heterocycles. The molecule has 3 heterocycles. The number of β-amino-alcohol motifs (C(OH)–C–C–N with tert-alkyl or cyclic N) is 1. The summed E-state index contributed by atoms with van der Waals surface area (Å²) in [5, 5.41) is 10.2. The molecule has 0 bridgehead atoms. The minimum atomic E-state index is -0.267. The Hall–Kier alpha value is -2.18. The quantitative estimate of drug-likeness (QED) is 0.893. The van der Waals surface area contributed by atoms with E-state index in [1.807, 2.05) is 19.0 Å². The SMILES string of the molecule is CN(C)c1nc2c(c(N3CCCC(O)C3)n1)CN(Cc1ccccc1)CC2. The van der Waals surface area contributed by atoms with Gasteiger partial charge in [-0.25, -0.2) is 4.98 Å². The monoisotopic (exact) mass is 367 g/mol. The number of benzene rings is 1. The fourth-order valence-corrected chi connectivity index (χ4v) is 4.03. The standard InChI is InChI=1S/C21H29N5O/c1-24(2)21-22-19-10-12-25(13-16-7-4-3-5-8-16)15-18(19)20(23-21)26-11-6-9-17(27)14-26/h3-5,7-8,17,27H,6,9-15H2,1-2H3. The molecule has 27 heavy (non-hydrogen) atoms. The molecule has 2 aliphatic heterocycles. The van der Waals surface area contributed by atoms with E-state index in [0.29, 0.717) is 6.54 Å². The van der Waals surface area contributed by atoms with Crippen molar-refractivity contribution >= 4 is 11.8 Å². The van der Waals surface area contributed by atoms with Gasteiger partial charge in [0.15, 0.2) is 0 Å². The molecule has 1 aromatic carbocycles. The topological polar surface area (TPSA) is 55.7 Å². The fourth-order valence-electron chi connectivity index (χ4n) is 4.03. The van der Waals surface area contributed by atoms with Crippen LogP contribution in [-0.4, -0.2) is 59.8 Å². The van der Waals surface area contributed by atoms with Crippen LogP contribution >= 0.6 is 0 Å². The molecule has 1 atom stereocenters. The number of nitrogens with zero attached hydrogens (tertiary/aromatic N) is 5. The summed E-state index contributed by atoms with van der Waals surface area (Å²) in [6.07, 6.45) is 2.56. The van der Waals surface area contributed by atoms with Crippen molar-refractivity contribution in [2.75, 3.05) is 43.5 Å². The van der Waals surface area contributed by atoms with E-state index in [0.717, 1.165) is 62.9 Å². The van der Waals surface area contributed by atoms with Crippen molar-refractivity contribution in [3.8, 4) is 0 Å². The van der Waals surface area contributed by atoms with Gasteiger partial charge in [-0.1, -0.05) is 30.3 Å². The molecule has 0 amide bonds. The molecule has 0 aliphatic carbocycles. The molecule has 1 fully saturated rings. The zero-order valence-corrected chi connectivity index (χ0v) is 16.3. The Morgan fingerprint density at radius 1 is 1.15 bits per heavy atom. The second-order valence-corrected chi connectivity index (χ2v) is 7.86. The van der Waals surface area contributed by atoms with Gasteiger partial charge in [-0.2, -0.15) is 4.98 Å². The van der Waals surface area contributed by atoms with Crippen molar-refractivity contribution < 1.29 is 5.11 Å². The zero-order chi connectivity index (χ0) is 18.8. The summed E-state index contributed by atoms with van der Waals surface area (Å²) in [6.45, 7) is 4.42. The number of rotatable bonds is 4. The lowest BCUT2D eigenvalue weighted by atomic mass is 10.0. The third-order valence-corrected chi connectivity index (χ3v) is 5.45.